The molecule has 2 amide bonds. The fraction of sp³-hybridized carbons (Fsp3) is 0.421. The Morgan fingerprint density at radius 2 is 2.31 bits per heavy atom. The molecule has 2 atom stereocenters. The fourth-order valence-electron chi connectivity index (χ4n) is 3.39. The second-order valence-electron chi connectivity index (χ2n) is 6.58. The number of halogens is 2. The lowest BCUT2D eigenvalue weighted by atomic mass is 9.95. The zero-order valence-corrected chi connectivity index (χ0v) is 17.6. The van der Waals surface area contributed by atoms with Gasteiger partial charge in [0.2, 0.25) is 0 Å². The average Bonchev–Trinajstić information content (AvgIpc) is 3.19. The largest absolute Gasteiger partial charge is 0.467 e. The number of hydrogen-bond donors (Lipinski definition) is 2. The molecule has 0 aliphatic carbocycles. The first-order valence-corrected chi connectivity index (χ1v) is 10.8. The number of methoxy groups -OCH3 is 1. The number of imidazole rings is 1. The molecule has 2 heterocycles. The molecule has 0 saturated heterocycles. The van der Waals surface area contributed by atoms with Crippen LogP contribution >= 0.6 is 23.4 Å². The zero-order chi connectivity index (χ0) is 21.0. The van der Waals surface area contributed by atoms with E-state index in [4.69, 9.17) is 16.3 Å². The van der Waals surface area contributed by atoms with Crippen LogP contribution in [0.5, 0.6) is 0 Å². The standard InChI is InChI=1S/C19H22ClFN4O3S/c1-28-18(26)15(6-8-29-2)24-19(27)25-7-5-14-16(23-10-22-14)17(25)12-4-3-11(21)9-13(12)20/h3-4,9-10,15,17H,5-8H2,1-2H3,(H,22,23)(H,24,27)/t15-,17?/m0/s1. The number of fused-ring (bicyclic) bond motifs is 1. The van der Waals surface area contributed by atoms with Gasteiger partial charge in [-0.05, 0) is 36.1 Å². The Morgan fingerprint density at radius 1 is 1.52 bits per heavy atom. The van der Waals surface area contributed by atoms with Gasteiger partial charge in [-0.3, -0.25) is 0 Å². The predicted molar refractivity (Wildman–Crippen MR) is 110 cm³/mol. The number of carbonyl (C=O) groups is 2. The second kappa shape index (κ2) is 9.49. The average molecular weight is 441 g/mol. The van der Waals surface area contributed by atoms with Crippen LogP contribution in [0.25, 0.3) is 0 Å². The van der Waals surface area contributed by atoms with Gasteiger partial charge in [-0.15, -0.1) is 0 Å². The van der Waals surface area contributed by atoms with Gasteiger partial charge in [-0.25, -0.2) is 19.0 Å². The number of thioether (sulfide) groups is 1. The molecule has 1 aromatic carbocycles. The van der Waals surface area contributed by atoms with Crippen molar-refractivity contribution in [1.29, 1.82) is 0 Å². The molecule has 1 aliphatic heterocycles. The topological polar surface area (TPSA) is 87.3 Å². The lowest BCUT2D eigenvalue weighted by molar-refractivity contribution is -0.142. The fourth-order valence-corrected chi connectivity index (χ4v) is 4.13. The highest BCUT2D eigenvalue weighted by atomic mass is 35.5. The lowest BCUT2D eigenvalue weighted by Crippen LogP contribution is -2.51. The molecule has 0 spiro atoms. The van der Waals surface area contributed by atoms with Crippen molar-refractivity contribution in [2.24, 2.45) is 0 Å². The van der Waals surface area contributed by atoms with E-state index in [1.54, 1.807) is 29.1 Å². The van der Waals surface area contributed by atoms with E-state index in [-0.39, 0.29) is 5.02 Å². The van der Waals surface area contributed by atoms with Crippen molar-refractivity contribution in [1.82, 2.24) is 20.2 Å². The molecule has 1 unspecified atom stereocenters. The number of aromatic nitrogens is 2. The number of amides is 2. The summed E-state index contributed by atoms with van der Waals surface area (Å²) < 4.78 is 18.4. The Morgan fingerprint density at radius 3 is 3.00 bits per heavy atom. The summed E-state index contributed by atoms with van der Waals surface area (Å²) in [5.74, 6) is -0.270. The maximum atomic E-state index is 13.6. The zero-order valence-electron chi connectivity index (χ0n) is 16.1. The summed E-state index contributed by atoms with van der Waals surface area (Å²) >= 11 is 7.87. The van der Waals surface area contributed by atoms with E-state index in [0.29, 0.717) is 36.4 Å². The lowest BCUT2D eigenvalue weighted by Gasteiger charge is -2.36. The minimum atomic E-state index is -0.759. The van der Waals surface area contributed by atoms with Crippen molar-refractivity contribution in [3.05, 3.63) is 52.3 Å². The molecule has 156 valence electrons. The molecule has 10 heteroatoms. The molecule has 0 radical (unpaired) electrons. The molecule has 29 heavy (non-hydrogen) atoms. The number of benzene rings is 1. The molecule has 0 bridgehead atoms. The van der Waals surface area contributed by atoms with Crippen molar-refractivity contribution in [2.45, 2.75) is 24.9 Å². The van der Waals surface area contributed by atoms with Gasteiger partial charge < -0.3 is 19.9 Å². The second-order valence-corrected chi connectivity index (χ2v) is 7.98. The summed E-state index contributed by atoms with van der Waals surface area (Å²) in [6.07, 6.45) is 4.51. The van der Waals surface area contributed by atoms with Crippen LogP contribution in [0.15, 0.2) is 24.5 Å². The van der Waals surface area contributed by atoms with Crippen LogP contribution in [-0.4, -0.2) is 58.6 Å². The molecule has 1 aromatic heterocycles. The highest BCUT2D eigenvalue weighted by Gasteiger charge is 2.36. The van der Waals surface area contributed by atoms with Crippen molar-refractivity contribution in [3.8, 4) is 0 Å². The summed E-state index contributed by atoms with van der Waals surface area (Å²) in [6.45, 7) is 0.385. The summed E-state index contributed by atoms with van der Waals surface area (Å²) in [5.41, 5.74) is 2.11. The first-order valence-electron chi connectivity index (χ1n) is 9.07. The number of H-pyrrole nitrogens is 1. The normalized spacial score (nSPS) is 16.8. The molecule has 0 fully saturated rings. The van der Waals surface area contributed by atoms with Gasteiger partial charge in [0.05, 0.1) is 19.1 Å². The van der Waals surface area contributed by atoms with Gasteiger partial charge in [0.15, 0.2) is 0 Å². The smallest absolute Gasteiger partial charge is 0.328 e. The van der Waals surface area contributed by atoms with Gasteiger partial charge in [-0.2, -0.15) is 11.8 Å². The number of ether oxygens (including phenoxy) is 1. The minimum absolute atomic E-state index is 0.204. The Hall–Kier alpha value is -2.26. The molecular formula is C19H22ClFN4O3S. The molecule has 2 N–H and O–H groups in total. The third-order valence-electron chi connectivity index (χ3n) is 4.84. The summed E-state index contributed by atoms with van der Waals surface area (Å²) in [7, 11) is 1.29. The van der Waals surface area contributed by atoms with Crippen molar-refractivity contribution in [3.63, 3.8) is 0 Å². The van der Waals surface area contributed by atoms with E-state index in [0.717, 1.165) is 5.69 Å². The number of nitrogens with one attached hydrogen (secondary N) is 2. The van der Waals surface area contributed by atoms with Gasteiger partial charge >= 0.3 is 12.0 Å². The van der Waals surface area contributed by atoms with Crippen LogP contribution in [-0.2, 0) is 16.0 Å². The van der Waals surface area contributed by atoms with Crippen LogP contribution in [0, 0.1) is 5.82 Å². The van der Waals surface area contributed by atoms with Crippen molar-refractivity contribution in [2.75, 3.05) is 25.7 Å². The van der Waals surface area contributed by atoms with Gasteiger partial charge in [0.25, 0.3) is 0 Å². The van der Waals surface area contributed by atoms with Crippen LogP contribution < -0.4 is 5.32 Å². The molecule has 1 aliphatic rings. The third kappa shape index (κ3) is 4.67. The predicted octanol–water partition coefficient (Wildman–Crippen LogP) is 3.15. The van der Waals surface area contributed by atoms with Gasteiger partial charge in [0.1, 0.15) is 17.9 Å². The van der Waals surface area contributed by atoms with E-state index >= 15 is 0 Å². The number of hydrogen-bond acceptors (Lipinski definition) is 5. The maximum Gasteiger partial charge on any atom is 0.328 e. The molecule has 3 rings (SSSR count). The third-order valence-corrected chi connectivity index (χ3v) is 5.81. The Balaban J connectivity index is 1.91. The highest BCUT2D eigenvalue weighted by Crippen LogP contribution is 2.37. The number of aromatic amines is 1. The van der Waals surface area contributed by atoms with Crippen LogP contribution in [0.2, 0.25) is 5.02 Å². The Kier molecular flexibility index (Phi) is 7.02. The van der Waals surface area contributed by atoms with E-state index in [2.05, 4.69) is 15.3 Å². The SMILES string of the molecule is COC(=O)[C@H](CCSC)NC(=O)N1CCc2[nH]cnc2C1c1ccc(F)cc1Cl. The first-order chi connectivity index (χ1) is 14.0. The quantitative estimate of drug-likeness (QED) is 0.674. The van der Waals surface area contributed by atoms with Crippen LogP contribution in [0.1, 0.15) is 29.4 Å². The van der Waals surface area contributed by atoms with E-state index < -0.39 is 29.9 Å². The number of esters is 1. The monoisotopic (exact) mass is 440 g/mol. The van der Waals surface area contributed by atoms with Crippen LogP contribution in [0.3, 0.4) is 0 Å². The highest BCUT2D eigenvalue weighted by molar-refractivity contribution is 7.98. The first kappa shape index (κ1) is 21.4. The molecule has 7 nitrogen and oxygen atoms in total. The number of urea groups is 1. The number of carbonyl (C=O) groups excluding carboxylic acids is 2. The number of nitrogens with zero attached hydrogens (tertiary/aromatic N) is 2. The maximum absolute atomic E-state index is 13.6. The Bertz CT molecular complexity index is 894. The Labute approximate surface area is 177 Å². The van der Waals surface area contributed by atoms with Gasteiger partial charge in [-0.1, -0.05) is 17.7 Å². The van der Waals surface area contributed by atoms with Gasteiger partial charge in [0, 0.05) is 23.7 Å². The molecular weight excluding hydrogens is 419 g/mol. The summed E-state index contributed by atoms with van der Waals surface area (Å²) in [6, 6.07) is 2.28. The van der Waals surface area contributed by atoms with Crippen molar-refractivity contribution < 1.29 is 18.7 Å². The van der Waals surface area contributed by atoms with Crippen LogP contribution in [0.4, 0.5) is 9.18 Å². The van der Waals surface area contributed by atoms with E-state index in [9.17, 15) is 14.0 Å². The molecule has 0 saturated carbocycles. The summed E-state index contributed by atoms with van der Waals surface area (Å²) in [5, 5.41) is 2.97. The van der Waals surface area contributed by atoms with E-state index in [1.165, 1.54) is 19.2 Å². The minimum Gasteiger partial charge on any atom is -0.467 e. The molecule has 2 aromatic rings. The van der Waals surface area contributed by atoms with E-state index in [1.807, 2.05) is 6.26 Å². The summed E-state index contributed by atoms with van der Waals surface area (Å²) in [4.78, 5) is 34.2. The number of rotatable bonds is 6. The van der Waals surface area contributed by atoms with Crippen molar-refractivity contribution >= 4 is 35.4 Å².